The van der Waals surface area contributed by atoms with E-state index < -0.39 is 17.4 Å². The Morgan fingerprint density at radius 2 is 1.86 bits per heavy atom. The lowest BCUT2D eigenvalue weighted by Crippen LogP contribution is -2.40. The normalized spacial score (nSPS) is 16.4. The first kappa shape index (κ1) is 25.4. The van der Waals surface area contributed by atoms with Gasteiger partial charge in [-0.25, -0.2) is 14.2 Å². The third-order valence-corrected chi connectivity index (χ3v) is 8.33. The van der Waals surface area contributed by atoms with Gasteiger partial charge in [0.1, 0.15) is 6.17 Å². The summed E-state index contributed by atoms with van der Waals surface area (Å²) < 4.78 is 19.2. The van der Waals surface area contributed by atoms with Crippen LogP contribution in [0.15, 0.2) is 56.7 Å². The SMILES string of the molecule is CC(C)=CCn1c(SC2(CN)CCCCC2)nc2c1c(=O)n(C[C@@H](F)c1ccccc1)c(=O)n2C. The second-order valence-electron chi connectivity index (χ2n) is 9.64. The molecule has 0 radical (unpaired) electrons. The summed E-state index contributed by atoms with van der Waals surface area (Å²) in [6, 6.07) is 8.59. The lowest BCUT2D eigenvalue weighted by molar-refractivity contribution is 0.294. The third kappa shape index (κ3) is 5.16. The maximum atomic E-state index is 15.1. The summed E-state index contributed by atoms with van der Waals surface area (Å²) in [4.78, 5) is 31.6. The van der Waals surface area contributed by atoms with Gasteiger partial charge in [-0.15, -0.1) is 0 Å². The maximum absolute atomic E-state index is 15.1. The number of hydrogen-bond donors (Lipinski definition) is 1. The van der Waals surface area contributed by atoms with Crippen molar-refractivity contribution >= 4 is 22.9 Å². The molecular formula is C26H34FN5O2S. The fraction of sp³-hybridized carbons (Fsp3) is 0.500. The molecule has 1 aromatic carbocycles. The number of hydrogen-bond acceptors (Lipinski definition) is 5. The average Bonchev–Trinajstić information content (AvgIpc) is 3.22. The van der Waals surface area contributed by atoms with Crippen molar-refractivity contribution in [2.45, 2.75) is 75.1 Å². The second-order valence-corrected chi connectivity index (χ2v) is 11.1. The monoisotopic (exact) mass is 499 g/mol. The molecule has 1 atom stereocenters. The van der Waals surface area contributed by atoms with Gasteiger partial charge in [0.05, 0.1) is 6.54 Å². The molecule has 2 N–H and O–H groups in total. The minimum absolute atomic E-state index is 0.141. The molecule has 3 aromatic rings. The van der Waals surface area contributed by atoms with E-state index in [2.05, 4.69) is 0 Å². The van der Waals surface area contributed by atoms with Crippen molar-refractivity contribution in [3.63, 3.8) is 0 Å². The molecule has 0 unspecified atom stereocenters. The van der Waals surface area contributed by atoms with Crippen LogP contribution in [-0.2, 0) is 20.1 Å². The molecule has 2 aromatic heterocycles. The molecule has 4 rings (SSSR count). The predicted molar refractivity (Wildman–Crippen MR) is 140 cm³/mol. The molecule has 1 aliphatic carbocycles. The standard InChI is InChI=1S/C26H34FN5O2S/c1-18(2)12-15-31-21-22(29-24(31)35-26(17-28)13-8-5-9-14-26)30(3)25(34)32(23(21)33)16-20(27)19-10-6-4-7-11-19/h4,6-7,10-12,20H,5,8-9,13-17,28H2,1-3H3/t20-/m1/s1. The molecule has 1 aliphatic rings. The summed E-state index contributed by atoms with van der Waals surface area (Å²) in [7, 11) is 1.59. The van der Waals surface area contributed by atoms with Crippen molar-refractivity contribution in [2.24, 2.45) is 12.8 Å². The van der Waals surface area contributed by atoms with Crippen LogP contribution in [0.2, 0.25) is 0 Å². The summed E-state index contributed by atoms with van der Waals surface area (Å²) in [6.45, 7) is 4.60. The average molecular weight is 500 g/mol. The Morgan fingerprint density at radius 3 is 2.49 bits per heavy atom. The van der Waals surface area contributed by atoms with Gasteiger partial charge in [0.15, 0.2) is 16.3 Å². The Bertz CT molecular complexity index is 1330. The highest BCUT2D eigenvalue weighted by Crippen LogP contribution is 2.43. The molecule has 0 bridgehead atoms. The molecule has 0 aliphatic heterocycles. The lowest BCUT2D eigenvalue weighted by Gasteiger charge is -2.35. The van der Waals surface area contributed by atoms with E-state index in [0.717, 1.165) is 35.8 Å². The minimum Gasteiger partial charge on any atom is -0.329 e. The van der Waals surface area contributed by atoms with Crippen molar-refractivity contribution in [3.8, 4) is 0 Å². The van der Waals surface area contributed by atoms with Gasteiger partial charge in [-0.2, -0.15) is 0 Å². The zero-order chi connectivity index (χ0) is 25.2. The van der Waals surface area contributed by atoms with E-state index in [9.17, 15) is 9.59 Å². The van der Waals surface area contributed by atoms with Gasteiger partial charge in [0.2, 0.25) is 0 Å². The fourth-order valence-corrected chi connectivity index (χ4v) is 6.07. The number of nitrogens with two attached hydrogens (primary N) is 1. The Morgan fingerprint density at radius 1 is 1.17 bits per heavy atom. The summed E-state index contributed by atoms with van der Waals surface area (Å²) in [6.07, 6.45) is 5.94. The Kier molecular flexibility index (Phi) is 7.66. The van der Waals surface area contributed by atoms with Crippen molar-refractivity contribution in [1.29, 1.82) is 0 Å². The summed E-state index contributed by atoms with van der Waals surface area (Å²) in [5, 5.41) is 0.676. The molecule has 0 amide bonds. The topological polar surface area (TPSA) is 87.8 Å². The van der Waals surface area contributed by atoms with Crippen molar-refractivity contribution < 1.29 is 4.39 Å². The molecular weight excluding hydrogens is 465 g/mol. The van der Waals surface area contributed by atoms with Crippen molar-refractivity contribution in [1.82, 2.24) is 18.7 Å². The molecule has 188 valence electrons. The number of benzene rings is 1. The highest BCUT2D eigenvalue weighted by Gasteiger charge is 2.34. The number of imidazole rings is 1. The molecule has 0 spiro atoms. The number of nitrogens with zero attached hydrogens (tertiary/aromatic N) is 4. The van der Waals surface area contributed by atoms with Crippen LogP contribution in [0.25, 0.3) is 11.2 Å². The third-order valence-electron chi connectivity index (χ3n) is 6.83. The number of halogens is 1. The highest BCUT2D eigenvalue weighted by molar-refractivity contribution is 8.00. The Hall–Kier alpha value is -2.65. The number of fused-ring (bicyclic) bond motifs is 1. The van der Waals surface area contributed by atoms with Crippen LogP contribution < -0.4 is 17.0 Å². The maximum Gasteiger partial charge on any atom is 0.332 e. The Labute approximate surface area is 208 Å². The van der Waals surface area contributed by atoms with Gasteiger partial charge >= 0.3 is 5.69 Å². The molecule has 2 heterocycles. The van der Waals surface area contributed by atoms with E-state index in [4.69, 9.17) is 10.7 Å². The van der Waals surface area contributed by atoms with Gasteiger partial charge in [0.25, 0.3) is 5.56 Å². The van der Waals surface area contributed by atoms with Gasteiger partial charge in [-0.1, -0.05) is 73.0 Å². The number of alkyl halides is 1. The number of thioether (sulfide) groups is 1. The number of allylic oxidation sites excluding steroid dienone is 2. The molecule has 1 fully saturated rings. The van der Waals surface area contributed by atoms with Crippen LogP contribution in [0.1, 0.15) is 57.7 Å². The number of aryl methyl sites for hydroxylation is 1. The van der Waals surface area contributed by atoms with Crippen LogP contribution >= 0.6 is 11.8 Å². The lowest BCUT2D eigenvalue weighted by atomic mass is 9.88. The Balaban J connectivity index is 1.86. The first-order valence-corrected chi connectivity index (χ1v) is 13.0. The molecule has 9 heteroatoms. The first-order valence-electron chi connectivity index (χ1n) is 12.2. The quantitative estimate of drug-likeness (QED) is 0.466. The van der Waals surface area contributed by atoms with E-state index >= 15 is 4.39 Å². The number of aromatic nitrogens is 4. The van der Waals surface area contributed by atoms with Gasteiger partial charge < -0.3 is 10.3 Å². The minimum atomic E-state index is -1.48. The van der Waals surface area contributed by atoms with Crippen LogP contribution in [0, 0.1) is 0 Å². The van der Waals surface area contributed by atoms with Crippen molar-refractivity contribution in [3.05, 3.63) is 68.4 Å². The van der Waals surface area contributed by atoms with E-state index in [1.165, 1.54) is 11.0 Å². The summed E-state index contributed by atoms with van der Waals surface area (Å²) in [5.41, 5.74) is 7.31. The second kappa shape index (κ2) is 10.5. The van der Waals surface area contributed by atoms with Gasteiger partial charge in [-0.05, 0) is 32.3 Å². The first-order chi connectivity index (χ1) is 16.8. The van der Waals surface area contributed by atoms with Crippen LogP contribution in [0.3, 0.4) is 0 Å². The van der Waals surface area contributed by atoms with Gasteiger partial charge in [0, 0.05) is 24.9 Å². The van der Waals surface area contributed by atoms with Crippen LogP contribution in [0.5, 0.6) is 0 Å². The van der Waals surface area contributed by atoms with E-state index in [0.29, 0.717) is 35.0 Å². The van der Waals surface area contributed by atoms with Crippen LogP contribution in [-0.4, -0.2) is 30.0 Å². The van der Waals surface area contributed by atoms with E-state index in [1.54, 1.807) is 49.1 Å². The fourth-order valence-electron chi connectivity index (χ4n) is 4.70. The summed E-state index contributed by atoms with van der Waals surface area (Å²) in [5.74, 6) is 0. The molecule has 0 saturated heterocycles. The van der Waals surface area contributed by atoms with Crippen LogP contribution in [0.4, 0.5) is 4.39 Å². The zero-order valence-corrected chi connectivity index (χ0v) is 21.5. The van der Waals surface area contributed by atoms with E-state index in [1.807, 2.05) is 24.5 Å². The predicted octanol–water partition coefficient (Wildman–Crippen LogP) is 4.33. The molecule has 35 heavy (non-hydrogen) atoms. The summed E-state index contributed by atoms with van der Waals surface area (Å²) >= 11 is 1.62. The smallest absolute Gasteiger partial charge is 0.329 e. The highest BCUT2D eigenvalue weighted by atomic mass is 32.2. The zero-order valence-electron chi connectivity index (χ0n) is 20.7. The van der Waals surface area contributed by atoms with E-state index in [-0.39, 0.29) is 11.3 Å². The molecule has 7 nitrogen and oxygen atoms in total. The largest absolute Gasteiger partial charge is 0.332 e. The van der Waals surface area contributed by atoms with Crippen molar-refractivity contribution in [2.75, 3.05) is 6.54 Å². The number of rotatable bonds is 8. The van der Waals surface area contributed by atoms with Gasteiger partial charge in [-0.3, -0.25) is 13.9 Å². The molecule has 1 saturated carbocycles.